The van der Waals surface area contributed by atoms with Crippen molar-refractivity contribution in [1.29, 1.82) is 0 Å². The van der Waals surface area contributed by atoms with Crippen molar-refractivity contribution in [2.75, 3.05) is 6.61 Å². The molecule has 1 aliphatic heterocycles. The first kappa shape index (κ1) is 23.8. The fourth-order valence-corrected chi connectivity index (χ4v) is 5.10. The molecule has 0 bridgehead atoms. The number of carboxylic acid groups (broad SMARTS) is 1. The highest BCUT2D eigenvalue weighted by Gasteiger charge is 2.39. The van der Waals surface area contributed by atoms with Crippen LogP contribution in [0.4, 0.5) is 8.78 Å². The molecule has 0 spiro atoms. The van der Waals surface area contributed by atoms with Crippen LogP contribution >= 0.6 is 11.8 Å². The summed E-state index contributed by atoms with van der Waals surface area (Å²) < 4.78 is 33.0. The summed E-state index contributed by atoms with van der Waals surface area (Å²) in [6.45, 7) is 5.77. The van der Waals surface area contributed by atoms with E-state index in [1.54, 1.807) is 31.7 Å². The Hall–Kier alpha value is -1.83. The van der Waals surface area contributed by atoms with Gasteiger partial charge in [-0.05, 0) is 42.1 Å². The number of amides is 1. The lowest BCUT2D eigenvalue weighted by Crippen LogP contribution is -2.50. The van der Waals surface area contributed by atoms with Gasteiger partial charge in [0.25, 0.3) is 5.91 Å². The second kappa shape index (κ2) is 9.35. The Balaban J connectivity index is 1.78. The van der Waals surface area contributed by atoms with Gasteiger partial charge in [-0.2, -0.15) is 0 Å². The Kier molecular flexibility index (Phi) is 7.18. The number of aliphatic carboxylic acids is 1. The van der Waals surface area contributed by atoms with E-state index in [1.807, 2.05) is 24.5 Å². The number of alkyl halides is 2. The number of hydrogen-bond donors (Lipinski definition) is 2. The summed E-state index contributed by atoms with van der Waals surface area (Å²) in [4.78, 5) is 24.9. The summed E-state index contributed by atoms with van der Waals surface area (Å²) >= 11 is 1.63. The number of carbonyl (C=O) groups excluding carboxylic acids is 1. The standard InChI is InChI=1S/C23H31F2NO4S/c1-4-22(2,3)19(21(28)29)26-20(27)16-5-6-17-15(9-12-31-17)18(16)30-13-14-7-10-23(24,25)11-8-14/h5-6,9,12,14-15,17,19H,4,7-8,10-11,13H2,1-3H3,(H,26,27)(H,28,29). The van der Waals surface area contributed by atoms with Crippen LogP contribution in [0, 0.1) is 17.3 Å². The molecule has 2 N–H and O–H groups in total. The fraction of sp³-hybridized carbons (Fsp3) is 0.652. The quantitative estimate of drug-likeness (QED) is 0.544. The Morgan fingerprint density at radius 3 is 2.61 bits per heavy atom. The normalized spacial score (nSPS) is 26.5. The molecule has 0 aromatic carbocycles. The Bertz CT molecular complexity index is 795. The summed E-state index contributed by atoms with van der Waals surface area (Å²) in [7, 11) is 0. The van der Waals surface area contributed by atoms with Crippen molar-refractivity contribution >= 4 is 23.6 Å². The van der Waals surface area contributed by atoms with E-state index in [-0.39, 0.29) is 36.5 Å². The minimum Gasteiger partial charge on any atom is -0.496 e. The van der Waals surface area contributed by atoms with Crippen molar-refractivity contribution in [3.63, 3.8) is 0 Å². The van der Waals surface area contributed by atoms with Gasteiger partial charge in [-0.3, -0.25) is 4.79 Å². The van der Waals surface area contributed by atoms with Gasteiger partial charge < -0.3 is 15.2 Å². The van der Waals surface area contributed by atoms with E-state index in [0.717, 1.165) is 0 Å². The molecule has 8 heteroatoms. The van der Waals surface area contributed by atoms with Gasteiger partial charge in [0.05, 0.1) is 18.1 Å². The summed E-state index contributed by atoms with van der Waals surface area (Å²) in [5, 5.41) is 14.4. The van der Waals surface area contributed by atoms with Crippen LogP contribution in [0.5, 0.6) is 0 Å². The van der Waals surface area contributed by atoms with E-state index in [4.69, 9.17) is 4.74 Å². The maximum Gasteiger partial charge on any atom is 0.326 e. The highest BCUT2D eigenvalue weighted by atomic mass is 32.2. The molecule has 0 radical (unpaired) electrons. The molecule has 0 aromatic rings. The molecule has 0 saturated heterocycles. The smallest absolute Gasteiger partial charge is 0.326 e. The fourth-order valence-electron chi connectivity index (χ4n) is 4.11. The van der Waals surface area contributed by atoms with Crippen LogP contribution < -0.4 is 5.32 Å². The number of ether oxygens (including phenoxy) is 1. The second-order valence-electron chi connectivity index (χ2n) is 9.29. The Morgan fingerprint density at radius 1 is 1.32 bits per heavy atom. The van der Waals surface area contributed by atoms with E-state index >= 15 is 0 Å². The molecule has 31 heavy (non-hydrogen) atoms. The number of fused-ring (bicyclic) bond motifs is 1. The molecule has 3 rings (SSSR count). The molecule has 1 amide bonds. The van der Waals surface area contributed by atoms with E-state index in [0.29, 0.717) is 30.6 Å². The third kappa shape index (κ3) is 5.51. The monoisotopic (exact) mass is 455 g/mol. The first-order chi connectivity index (χ1) is 14.5. The zero-order valence-electron chi connectivity index (χ0n) is 18.2. The van der Waals surface area contributed by atoms with E-state index < -0.39 is 29.3 Å². The van der Waals surface area contributed by atoms with Gasteiger partial charge in [-0.1, -0.05) is 32.9 Å². The zero-order chi connectivity index (χ0) is 22.8. The third-order valence-electron chi connectivity index (χ3n) is 6.67. The number of carbonyl (C=O) groups is 2. The molecule has 3 atom stereocenters. The van der Waals surface area contributed by atoms with E-state index in [2.05, 4.69) is 5.32 Å². The van der Waals surface area contributed by atoms with Crippen LogP contribution in [0.15, 0.2) is 35.0 Å². The first-order valence-corrected chi connectivity index (χ1v) is 11.8. The van der Waals surface area contributed by atoms with Crippen molar-refractivity contribution in [3.05, 3.63) is 35.0 Å². The van der Waals surface area contributed by atoms with Crippen molar-refractivity contribution in [2.45, 2.75) is 70.1 Å². The average molecular weight is 456 g/mol. The van der Waals surface area contributed by atoms with Gasteiger partial charge >= 0.3 is 5.97 Å². The molecule has 3 unspecified atom stereocenters. The predicted molar refractivity (Wildman–Crippen MR) is 117 cm³/mol. The summed E-state index contributed by atoms with van der Waals surface area (Å²) in [6.07, 6.45) is 6.69. The molecule has 3 aliphatic rings. The SMILES string of the molecule is CCC(C)(C)C(NC(=O)C1=C(OCC2CCC(F)(F)CC2)C2C=CSC2C=C1)C(=O)O. The highest BCUT2D eigenvalue weighted by molar-refractivity contribution is 8.03. The third-order valence-corrected chi connectivity index (χ3v) is 7.75. The summed E-state index contributed by atoms with van der Waals surface area (Å²) in [5.41, 5.74) is -0.312. The topological polar surface area (TPSA) is 75.6 Å². The van der Waals surface area contributed by atoms with Crippen LogP contribution in [-0.4, -0.2) is 40.8 Å². The highest BCUT2D eigenvalue weighted by Crippen LogP contribution is 2.42. The van der Waals surface area contributed by atoms with Gasteiger partial charge in [0.2, 0.25) is 5.92 Å². The second-order valence-corrected chi connectivity index (χ2v) is 10.4. The van der Waals surface area contributed by atoms with Crippen molar-refractivity contribution in [3.8, 4) is 0 Å². The van der Waals surface area contributed by atoms with Gasteiger partial charge in [0, 0.05) is 18.1 Å². The number of carboxylic acids is 1. The molecule has 1 saturated carbocycles. The summed E-state index contributed by atoms with van der Waals surface area (Å²) in [6, 6.07) is -1.04. The number of thioether (sulfide) groups is 1. The molecule has 2 aliphatic carbocycles. The number of hydrogen-bond acceptors (Lipinski definition) is 4. The van der Waals surface area contributed by atoms with Gasteiger partial charge in [0.15, 0.2) is 0 Å². The first-order valence-electron chi connectivity index (χ1n) is 10.8. The van der Waals surface area contributed by atoms with Crippen molar-refractivity contribution < 1.29 is 28.2 Å². The van der Waals surface area contributed by atoms with E-state index in [1.165, 1.54) is 0 Å². The summed E-state index contributed by atoms with van der Waals surface area (Å²) in [5.74, 6) is -3.77. The minimum atomic E-state index is -2.59. The molecular formula is C23H31F2NO4S. The van der Waals surface area contributed by atoms with Crippen molar-refractivity contribution in [1.82, 2.24) is 5.32 Å². The predicted octanol–water partition coefficient (Wildman–Crippen LogP) is 4.90. The molecule has 1 fully saturated rings. The van der Waals surface area contributed by atoms with Crippen LogP contribution in [-0.2, 0) is 14.3 Å². The molecule has 5 nitrogen and oxygen atoms in total. The van der Waals surface area contributed by atoms with Crippen LogP contribution in [0.2, 0.25) is 0 Å². The zero-order valence-corrected chi connectivity index (χ0v) is 19.0. The largest absolute Gasteiger partial charge is 0.496 e. The number of allylic oxidation sites excluding steroid dienone is 1. The number of halogens is 2. The minimum absolute atomic E-state index is 0.0182. The van der Waals surface area contributed by atoms with Crippen LogP contribution in [0.25, 0.3) is 0 Å². The number of nitrogens with one attached hydrogen (secondary N) is 1. The lowest BCUT2D eigenvalue weighted by atomic mass is 9.81. The molecule has 0 aromatic heterocycles. The average Bonchev–Trinajstić information content (AvgIpc) is 3.19. The lowest BCUT2D eigenvalue weighted by molar-refractivity contribution is -0.144. The van der Waals surface area contributed by atoms with Gasteiger partial charge in [-0.25, -0.2) is 13.6 Å². The van der Waals surface area contributed by atoms with Crippen LogP contribution in [0.1, 0.15) is 52.9 Å². The van der Waals surface area contributed by atoms with Crippen LogP contribution in [0.3, 0.4) is 0 Å². The van der Waals surface area contributed by atoms with Crippen molar-refractivity contribution in [2.24, 2.45) is 17.3 Å². The Morgan fingerprint density at radius 2 is 2.00 bits per heavy atom. The maximum atomic E-state index is 13.5. The lowest BCUT2D eigenvalue weighted by Gasteiger charge is -2.33. The molecular weight excluding hydrogens is 424 g/mol. The number of rotatable bonds is 8. The van der Waals surface area contributed by atoms with Gasteiger partial charge in [-0.15, -0.1) is 11.8 Å². The maximum absolute atomic E-state index is 13.5. The molecule has 1 heterocycles. The van der Waals surface area contributed by atoms with E-state index in [9.17, 15) is 23.5 Å². The molecule has 172 valence electrons. The van der Waals surface area contributed by atoms with Gasteiger partial charge in [0.1, 0.15) is 11.8 Å². The Labute approximate surface area is 186 Å².